The molecule has 1 aliphatic heterocycles. The smallest absolute Gasteiger partial charge is 0.142 e. The van der Waals surface area contributed by atoms with Crippen LogP contribution in [0.3, 0.4) is 0 Å². The van der Waals surface area contributed by atoms with Gasteiger partial charge in [0.25, 0.3) is 0 Å². The van der Waals surface area contributed by atoms with Crippen LogP contribution in [-0.2, 0) is 0 Å². The van der Waals surface area contributed by atoms with Gasteiger partial charge in [0.2, 0.25) is 0 Å². The van der Waals surface area contributed by atoms with E-state index in [1.54, 1.807) is 19.2 Å². The molecule has 1 aromatic carbocycles. The van der Waals surface area contributed by atoms with E-state index in [4.69, 9.17) is 16.3 Å². The molecule has 1 saturated heterocycles. The highest BCUT2D eigenvalue weighted by atomic mass is 35.5. The van der Waals surface area contributed by atoms with E-state index in [0.29, 0.717) is 16.3 Å². The maximum Gasteiger partial charge on any atom is 0.142 e. The first-order valence-corrected chi connectivity index (χ1v) is 6.69. The SMILES string of the molecule is C=C[C@@H](c1c(OC)ccc(Cl)c1O)N1CCNCC1. The normalized spacial score (nSPS) is 18.0. The largest absolute Gasteiger partial charge is 0.506 e. The molecule has 1 heterocycles. The van der Waals surface area contributed by atoms with Crippen LogP contribution in [0, 0.1) is 0 Å². The number of nitrogens with one attached hydrogen (secondary N) is 1. The third-order valence-corrected chi connectivity index (χ3v) is 3.72. The molecule has 0 bridgehead atoms. The van der Waals surface area contributed by atoms with Crippen LogP contribution in [-0.4, -0.2) is 43.3 Å². The van der Waals surface area contributed by atoms with Gasteiger partial charge in [-0.25, -0.2) is 0 Å². The van der Waals surface area contributed by atoms with Crippen molar-refractivity contribution in [3.05, 3.63) is 35.4 Å². The molecule has 0 unspecified atom stereocenters. The van der Waals surface area contributed by atoms with Crippen molar-refractivity contribution in [3.63, 3.8) is 0 Å². The fourth-order valence-electron chi connectivity index (χ4n) is 2.44. The Morgan fingerprint density at radius 1 is 1.47 bits per heavy atom. The summed E-state index contributed by atoms with van der Waals surface area (Å²) in [4.78, 5) is 2.25. The van der Waals surface area contributed by atoms with Crippen molar-refractivity contribution in [1.29, 1.82) is 0 Å². The molecule has 1 aliphatic rings. The van der Waals surface area contributed by atoms with E-state index in [0.717, 1.165) is 26.2 Å². The van der Waals surface area contributed by atoms with Crippen molar-refractivity contribution in [1.82, 2.24) is 10.2 Å². The average Bonchev–Trinajstić information content (AvgIpc) is 2.45. The lowest BCUT2D eigenvalue weighted by atomic mass is 10.0. The zero-order valence-corrected chi connectivity index (χ0v) is 11.8. The Morgan fingerprint density at radius 2 is 2.16 bits per heavy atom. The highest BCUT2D eigenvalue weighted by molar-refractivity contribution is 6.32. The number of nitrogens with zero attached hydrogens (tertiary/aromatic N) is 1. The van der Waals surface area contributed by atoms with E-state index >= 15 is 0 Å². The summed E-state index contributed by atoms with van der Waals surface area (Å²) in [6, 6.07) is 3.31. The zero-order valence-electron chi connectivity index (χ0n) is 11.0. The first-order chi connectivity index (χ1) is 9.19. The second-order valence-electron chi connectivity index (χ2n) is 4.48. The van der Waals surface area contributed by atoms with Crippen molar-refractivity contribution in [3.8, 4) is 11.5 Å². The summed E-state index contributed by atoms with van der Waals surface area (Å²) in [5, 5.41) is 13.9. The maximum atomic E-state index is 10.2. The Hall–Kier alpha value is -1.23. The van der Waals surface area contributed by atoms with Crippen LogP contribution in [0.25, 0.3) is 0 Å². The molecular weight excluding hydrogens is 264 g/mol. The molecule has 5 heteroatoms. The fraction of sp³-hybridized carbons (Fsp3) is 0.429. The number of phenols is 1. The van der Waals surface area contributed by atoms with Gasteiger partial charge in [-0.2, -0.15) is 0 Å². The molecule has 0 saturated carbocycles. The molecule has 0 radical (unpaired) electrons. The minimum atomic E-state index is -0.101. The van der Waals surface area contributed by atoms with Gasteiger partial charge in [-0.3, -0.25) is 4.90 Å². The number of aromatic hydroxyl groups is 1. The van der Waals surface area contributed by atoms with Crippen LogP contribution in [0.5, 0.6) is 11.5 Å². The molecule has 1 atom stereocenters. The summed E-state index contributed by atoms with van der Waals surface area (Å²) < 4.78 is 5.35. The van der Waals surface area contributed by atoms with Crippen LogP contribution in [0.15, 0.2) is 24.8 Å². The number of hydrogen-bond acceptors (Lipinski definition) is 4. The van der Waals surface area contributed by atoms with Gasteiger partial charge in [0.1, 0.15) is 11.5 Å². The van der Waals surface area contributed by atoms with E-state index in [9.17, 15) is 5.11 Å². The minimum absolute atomic E-state index is 0.0736. The molecule has 2 N–H and O–H groups in total. The number of piperazine rings is 1. The van der Waals surface area contributed by atoms with Gasteiger partial charge < -0.3 is 15.2 Å². The molecule has 2 rings (SSSR count). The van der Waals surface area contributed by atoms with Gasteiger partial charge in [-0.05, 0) is 12.1 Å². The van der Waals surface area contributed by atoms with E-state index < -0.39 is 0 Å². The van der Waals surface area contributed by atoms with Crippen molar-refractivity contribution in [2.24, 2.45) is 0 Å². The van der Waals surface area contributed by atoms with E-state index in [1.807, 2.05) is 6.08 Å². The Kier molecular flexibility index (Phi) is 4.69. The highest BCUT2D eigenvalue weighted by Crippen LogP contribution is 2.41. The fourth-order valence-corrected chi connectivity index (χ4v) is 2.60. The molecular formula is C14H19ClN2O2. The lowest BCUT2D eigenvalue weighted by Gasteiger charge is -2.34. The number of methoxy groups -OCH3 is 1. The highest BCUT2D eigenvalue weighted by Gasteiger charge is 2.26. The van der Waals surface area contributed by atoms with Crippen LogP contribution < -0.4 is 10.1 Å². The molecule has 4 nitrogen and oxygen atoms in total. The van der Waals surface area contributed by atoms with Crippen molar-refractivity contribution in [2.75, 3.05) is 33.3 Å². The number of rotatable bonds is 4. The van der Waals surface area contributed by atoms with Gasteiger partial charge in [0, 0.05) is 26.2 Å². The molecule has 0 amide bonds. The van der Waals surface area contributed by atoms with Gasteiger partial charge in [0.15, 0.2) is 0 Å². The monoisotopic (exact) mass is 282 g/mol. The average molecular weight is 283 g/mol. The molecule has 104 valence electrons. The van der Waals surface area contributed by atoms with Gasteiger partial charge in [0.05, 0.1) is 23.7 Å². The summed E-state index contributed by atoms with van der Waals surface area (Å²) in [6.07, 6.45) is 1.82. The molecule has 0 aromatic heterocycles. The minimum Gasteiger partial charge on any atom is -0.506 e. The summed E-state index contributed by atoms with van der Waals surface area (Å²) >= 11 is 6.01. The molecule has 0 spiro atoms. The molecule has 1 aromatic rings. The van der Waals surface area contributed by atoms with E-state index in [1.165, 1.54) is 0 Å². The number of benzene rings is 1. The number of phenolic OH excluding ortho intramolecular Hbond substituents is 1. The van der Waals surface area contributed by atoms with Gasteiger partial charge in [-0.15, -0.1) is 6.58 Å². The lowest BCUT2D eigenvalue weighted by molar-refractivity contribution is 0.197. The second kappa shape index (κ2) is 6.28. The molecule has 0 aliphatic carbocycles. The summed E-state index contributed by atoms with van der Waals surface area (Å²) in [5.74, 6) is 0.704. The Balaban J connectivity index is 2.41. The topological polar surface area (TPSA) is 44.7 Å². The predicted molar refractivity (Wildman–Crippen MR) is 77.0 cm³/mol. The summed E-state index contributed by atoms with van der Waals surface area (Å²) in [7, 11) is 1.59. The summed E-state index contributed by atoms with van der Waals surface area (Å²) in [6.45, 7) is 7.53. The van der Waals surface area contributed by atoms with Crippen LogP contribution in [0.2, 0.25) is 5.02 Å². The second-order valence-corrected chi connectivity index (χ2v) is 4.89. The standard InChI is InChI=1S/C14H19ClN2O2/c1-3-11(17-8-6-16-7-9-17)13-12(19-2)5-4-10(15)14(13)18/h3-5,11,16,18H,1,6-9H2,2H3/t11-/m0/s1. The Morgan fingerprint density at radius 3 is 2.74 bits per heavy atom. The van der Waals surface area contributed by atoms with Gasteiger partial charge >= 0.3 is 0 Å². The quantitative estimate of drug-likeness (QED) is 0.831. The van der Waals surface area contributed by atoms with Gasteiger partial charge in [-0.1, -0.05) is 17.7 Å². The lowest BCUT2D eigenvalue weighted by Crippen LogP contribution is -2.44. The third kappa shape index (κ3) is 2.86. The van der Waals surface area contributed by atoms with Crippen molar-refractivity contribution >= 4 is 11.6 Å². The molecule has 1 fully saturated rings. The first-order valence-electron chi connectivity index (χ1n) is 6.31. The Labute approximate surface area is 118 Å². The first kappa shape index (κ1) is 14.2. The third-order valence-electron chi connectivity index (χ3n) is 3.41. The predicted octanol–water partition coefficient (Wildman–Crippen LogP) is 2.19. The van der Waals surface area contributed by atoms with Crippen molar-refractivity contribution in [2.45, 2.75) is 6.04 Å². The maximum absolute atomic E-state index is 10.2. The van der Waals surface area contributed by atoms with E-state index in [2.05, 4.69) is 16.8 Å². The number of hydrogen-bond donors (Lipinski definition) is 2. The zero-order chi connectivity index (χ0) is 13.8. The number of ether oxygens (including phenoxy) is 1. The summed E-state index contributed by atoms with van der Waals surface area (Å²) in [5.41, 5.74) is 0.687. The van der Waals surface area contributed by atoms with E-state index in [-0.39, 0.29) is 11.8 Å². The van der Waals surface area contributed by atoms with Crippen molar-refractivity contribution < 1.29 is 9.84 Å². The number of halogens is 1. The van der Waals surface area contributed by atoms with Crippen LogP contribution >= 0.6 is 11.6 Å². The molecule has 19 heavy (non-hydrogen) atoms. The van der Waals surface area contributed by atoms with Crippen LogP contribution in [0.4, 0.5) is 0 Å². The van der Waals surface area contributed by atoms with Crippen LogP contribution in [0.1, 0.15) is 11.6 Å². The Bertz CT molecular complexity index is 459.